The predicted octanol–water partition coefficient (Wildman–Crippen LogP) is 10.7. The van der Waals surface area contributed by atoms with E-state index >= 15 is 0 Å². The number of hydrogen-bond donors (Lipinski definition) is 1. The van der Waals surface area contributed by atoms with Gasteiger partial charge in [-0.15, -0.1) is 0 Å². The molecule has 0 aliphatic heterocycles. The first-order valence-corrected chi connectivity index (χ1v) is 17.7. The Morgan fingerprint density at radius 3 is 1.53 bits per heavy atom. The fraction of sp³-hybridized carbons (Fsp3) is 0.0500. The Kier molecular flexibility index (Phi) is 7.45. The van der Waals surface area contributed by atoms with Crippen molar-refractivity contribution in [2.45, 2.75) is 13.0 Å². The molecule has 1 unspecified atom stereocenters. The summed E-state index contributed by atoms with van der Waals surface area (Å²) in [4.78, 5) is 0. The van der Waals surface area contributed by atoms with Crippen molar-refractivity contribution in [3.63, 3.8) is 0 Å². The number of nitrogens with one attached hydrogen (secondary N) is 1. The topological polar surface area (TPSA) is 38.3 Å². The number of rotatable bonds is 6. The van der Waals surface area contributed by atoms with Crippen molar-refractivity contribution in [1.82, 2.24) is 0 Å². The van der Waals surface area contributed by atoms with Crippen LogP contribution in [0.4, 0.5) is 0 Å². The Balaban J connectivity index is 1.30. The van der Waals surface area contributed by atoms with Gasteiger partial charge >= 0.3 is 8.16 Å². The maximum Gasteiger partial charge on any atom is 0.307 e. The molecule has 8 aromatic rings. The first-order chi connectivity index (χ1) is 22.2. The van der Waals surface area contributed by atoms with Crippen LogP contribution in [0.3, 0.4) is 0 Å². The molecule has 3 nitrogen and oxygen atoms in total. The predicted molar refractivity (Wildman–Crippen MR) is 194 cm³/mol. The second-order valence-corrected chi connectivity index (χ2v) is 14.5. The average Bonchev–Trinajstić information content (AvgIpc) is 3.26. The minimum Gasteiger partial charge on any atom is -0.408 e. The summed E-state index contributed by atoms with van der Waals surface area (Å²) in [6.07, 6.45) is 0. The summed E-state index contributed by atoms with van der Waals surface area (Å²) in [6, 6.07) is 56.0. The first kappa shape index (κ1) is 27.9. The Hall–Kier alpha value is -4.65. The number of benzene rings is 7. The standard InChI is InChI=1S/C40H31NO2P2/c1-28(33-20-12-13-23-38(33)44(31-16-4-2-5-17-31)32-18-6-3-7-19-32)41-45-42-36-26-24-29-14-8-10-21-34(29)39(36)40-35-22-11-9-15-30(35)25-27-37(40)43-45/h2-28,41H,1H3. The lowest BCUT2D eigenvalue weighted by molar-refractivity contribution is 0.637. The van der Waals surface area contributed by atoms with Gasteiger partial charge in [0.15, 0.2) is 0 Å². The molecule has 7 aromatic carbocycles. The molecule has 0 fully saturated rings. The van der Waals surface area contributed by atoms with Gasteiger partial charge in [-0.2, -0.15) is 0 Å². The van der Waals surface area contributed by atoms with E-state index in [4.69, 9.17) is 8.39 Å². The van der Waals surface area contributed by atoms with Gasteiger partial charge in [-0.05, 0) is 70.0 Å². The number of fused-ring (bicyclic) bond motifs is 7. The van der Waals surface area contributed by atoms with Crippen molar-refractivity contribution in [2.24, 2.45) is 0 Å². The maximum atomic E-state index is 6.80. The average molecular weight is 620 g/mol. The molecule has 0 saturated carbocycles. The molecule has 8 rings (SSSR count). The van der Waals surface area contributed by atoms with E-state index in [-0.39, 0.29) is 6.04 Å². The zero-order chi connectivity index (χ0) is 30.2. The maximum absolute atomic E-state index is 6.80. The zero-order valence-electron chi connectivity index (χ0n) is 24.8. The Morgan fingerprint density at radius 2 is 0.978 bits per heavy atom. The smallest absolute Gasteiger partial charge is 0.307 e. The highest BCUT2D eigenvalue weighted by molar-refractivity contribution is 7.79. The third-order valence-electron chi connectivity index (χ3n) is 8.37. The summed E-state index contributed by atoms with van der Waals surface area (Å²) in [6.45, 7) is 2.21. The minimum atomic E-state index is -1.53. The van der Waals surface area contributed by atoms with Crippen LogP contribution in [0.25, 0.3) is 43.5 Å². The molecule has 0 bridgehead atoms. The Labute approximate surface area is 264 Å². The summed E-state index contributed by atoms with van der Waals surface area (Å²) in [5.74, 6) is 0. The van der Waals surface area contributed by atoms with Gasteiger partial charge in [0.2, 0.25) is 0 Å². The van der Waals surface area contributed by atoms with Gasteiger partial charge in [0, 0.05) is 16.8 Å². The van der Waals surface area contributed by atoms with Gasteiger partial charge in [0.25, 0.3) is 0 Å². The second-order valence-electron chi connectivity index (χ2n) is 11.2. The quantitative estimate of drug-likeness (QED) is 0.188. The number of hydrogen-bond acceptors (Lipinski definition) is 3. The van der Waals surface area contributed by atoms with Crippen molar-refractivity contribution < 1.29 is 8.39 Å². The molecule has 45 heavy (non-hydrogen) atoms. The molecule has 1 atom stereocenters. The van der Waals surface area contributed by atoms with E-state index in [2.05, 4.69) is 170 Å². The van der Waals surface area contributed by atoms with Crippen molar-refractivity contribution in [3.05, 3.63) is 163 Å². The first-order valence-electron chi connectivity index (χ1n) is 15.2. The van der Waals surface area contributed by atoms with Gasteiger partial charge in [0.1, 0.15) is 11.2 Å². The van der Waals surface area contributed by atoms with Crippen LogP contribution < -0.4 is 21.0 Å². The normalized spacial score (nSPS) is 12.3. The van der Waals surface area contributed by atoms with Gasteiger partial charge in [-0.3, -0.25) is 0 Å². The second kappa shape index (κ2) is 12.0. The highest BCUT2D eigenvalue weighted by Gasteiger charge is 2.23. The molecule has 1 N–H and O–H groups in total. The van der Waals surface area contributed by atoms with E-state index in [0.717, 1.165) is 32.7 Å². The van der Waals surface area contributed by atoms with Crippen LogP contribution in [0, 0.1) is 0 Å². The highest BCUT2D eigenvalue weighted by atomic mass is 31.1. The largest absolute Gasteiger partial charge is 0.408 e. The fourth-order valence-corrected chi connectivity index (χ4v) is 10.1. The molecule has 0 amide bonds. The molecule has 1 aromatic heterocycles. The molecule has 0 radical (unpaired) electrons. The molecule has 0 spiro atoms. The van der Waals surface area contributed by atoms with Crippen LogP contribution in [0.2, 0.25) is 0 Å². The van der Waals surface area contributed by atoms with Gasteiger partial charge in [0.05, 0.1) is 0 Å². The SMILES string of the molecule is CC(Np1oc2ccc3ccccc3c2c2c(ccc3ccccc32)o1)c1ccccc1P(c1ccccc1)c1ccccc1. The lowest BCUT2D eigenvalue weighted by Gasteiger charge is -2.24. The van der Waals surface area contributed by atoms with Crippen LogP contribution in [-0.4, -0.2) is 0 Å². The summed E-state index contributed by atoms with van der Waals surface area (Å²) >= 11 is 0. The monoisotopic (exact) mass is 619 g/mol. The molecule has 1 heterocycles. The Morgan fingerprint density at radius 1 is 0.511 bits per heavy atom. The third kappa shape index (κ3) is 5.24. The van der Waals surface area contributed by atoms with Crippen molar-refractivity contribution in [3.8, 4) is 0 Å². The van der Waals surface area contributed by atoms with E-state index in [1.54, 1.807) is 0 Å². The van der Waals surface area contributed by atoms with Gasteiger partial charge in [-0.1, -0.05) is 146 Å². The van der Waals surface area contributed by atoms with Crippen molar-refractivity contribution in [1.29, 1.82) is 0 Å². The lowest BCUT2D eigenvalue weighted by atomic mass is 9.99. The molecule has 0 aliphatic carbocycles. The van der Waals surface area contributed by atoms with Crippen LogP contribution >= 0.6 is 16.1 Å². The van der Waals surface area contributed by atoms with E-state index in [0.29, 0.717) is 0 Å². The summed E-state index contributed by atoms with van der Waals surface area (Å²) in [5.41, 5.74) is 2.91. The van der Waals surface area contributed by atoms with Crippen LogP contribution in [0.15, 0.2) is 166 Å². The summed E-state index contributed by atoms with van der Waals surface area (Å²) in [5, 5.41) is 14.6. The third-order valence-corrected chi connectivity index (χ3v) is 12.2. The molecular weight excluding hydrogens is 588 g/mol. The molecular formula is C40H31NO2P2. The Bertz CT molecular complexity index is 2200. The van der Waals surface area contributed by atoms with Crippen molar-refractivity contribution in [2.75, 3.05) is 5.09 Å². The van der Waals surface area contributed by atoms with E-state index < -0.39 is 16.1 Å². The fourth-order valence-electron chi connectivity index (χ4n) is 6.29. The summed E-state index contributed by atoms with van der Waals surface area (Å²) in [7, 11) is -2.29. The van der Waals surface area contributed by atoms with E-state index in [9.17, 15) is 0 Å². The minimum absolute atomic E-state index is 0.0318. The molecule has 0 saturated heterocycles. The van der Waals surface area contributed by atoms with Crippen molar-refractivity contribution >= 4 is 75.5 Å². The molecule has 0 aliphatic rings. The van der Waals surface area contributed by atoms with Crippen LogP contribution in [0.5, 0.6) is 0 Å². The highest BCUT2D eigenvalue weighted by Crippen LogP contribution is 2.42. The summed E-state index contributed by atoms with van der Waals surface area (Å²) < 4.78 is 13.6. The molecule has 218 valence electrons. The molecule has 5 heteroatoms. The van der Waals surface area contributed by atoms with Gasteiger partial charge < -0.3 is 8.39 Å². The van der Waals surface area contributed by atoms with E-state index in [1.807, 2.05) is 0 Å². The van der Waals surface area contributed by atoms with Crippen LogP contribution in [0.1, 0.15) is 18.5 Å². The lowest BCUT2D eigenvalue weighted by Crippen LogP contribution is -2.25. The van der Waals surface area contributed by atoms with E-state index in [1.165, 1.54) is 32.2 Å². The zero-order valence-corrected chi connectivity index (χ0v) is 26.6. The van der Waals surface area contributed by atoms with Crippen LogP contribution in [-0.2, 0) is 0 Å². The van der Waals surface area contributed by atoms with Gasteiger partial charge in [-0.25, -0.2) is 5.09 Å².